The van der Waals surface area contributed by atoms with Crippen LogP contribution < -0.4 is 9.47 Å². The van der Waals surface area contributed by atoms with Gasteiger partial charge in [-0.15, -0.1) is 0 Å². The molecule has 1 heterocycles. The molecule has 0 radical (unpaired) electrons. The molecule has 1 saturated heterocycles. The van der Waals surface area contributed by atoms with Crippen molar-refractivity contribution in [1.29, 1.82) is 0 Å². The number of aliphatic hydroxyl groups is 1. The highest BCUT2D eigenvalue weighted by Crippen LogP contribution is 2.42. The fraction of sp³-hybridized carbons (Fsp3) is 0.321. The summed E-state index contributed by atoms with van der Waals surface area (Å²) in [5.74, 6) is -0.737. The summed E-state index contributed by atoms with van der Waals surface area (Å²) in [4.78, 5) is 12.8. The summed E-state index contributed by atoms with van der Waals surface area (Å²) >= 11 is 0. The summed E-state index contributed by atoms with van der Waals surface area (Å²) in [6, 6.07) is 22.8. The van der Waals surface area contributed by atoms with Crippen molar-refractivity contribution < 1.29 is 37.3 Å². The number of amides is 1. The van der Waals surface area contributed by atoms with Crippen molar-refractivity contribution in [2.45, 2.75) is 30.3 Å². The number of alkyl halides is 3. The van der Waals surface area contributed by atoms with Gasteiger partial charge in [-0.2, -0.15) is 13.2 Å². The van der Waals surface area contributed by atoms with Crippen LogP contribution in [0.15, 0.2) is 78.9 Å². The maximum Gasteiger partial charge on any atom is 0.471 e. The van der Waals surface area contributed by atoms with E-state index >= 15 is 0 Å². The number of hydrogen-bond donors (Lipinski definition) is 1. The zero-order chi connectivity index (χ0) is 26.6. The van der Waals surface area contributed by atoms with Crippen LogP contribution in [-0.4, -0.2) is 61.6 Å². The fourth-order valence-corrected chi connectivity index (χ4v) is 4.76. The third-order valence-electron chi connectivity index (χ3n) is 6.56. The third-order valence-corrected chi connectivity index (χ3v) is 6.56. The second-order valence-corrected chi connectivity index (χ2v) is 8.81. The molecule has 0 saturated carbocycles. The van der Waals surface area contributed by atoms with Gasteiger partial charge in [0.25, 0.3) is 0 Å². The lowest BCUT2D eigenvalue weighted by Crippen LogP contribution is -2.47. The smallest absolute Gasteiger partial charge is 0.471 e. The standard InChI is InChI=1S/C28H28F3NO5/c1-35-24-12-8-20(9-13-24)27(19-6-4-3-5-7-19,21-10-14-25(36-2)15-11-21)37-18-22-16-23(33)17-32(22)26(34)28(29,30)31/h3-15,22-23,33H,16-18H2,1-2H3/t22-,23+/m0/s1. The summed E-state index contributed by atoms with van der Waals surface area (Å²) in [7, 11) is 3.11. The normalized spacial score (nSPS) is 18.1. The first-order chi connectivity index (χ1) is 17.7. The average Bonchev–Trinajstić information content (AvgIpc) is 3.29. The number of halogens is 3. The number of likely N-dealkylation sites (tertiary alicyclic amines) is 1. The maximum absolute atomic E-state index is 13.3. The lowest BCUT2D eigenvalue weighted by atomic mass is 9.80. The molecule has 3 aromatic carbocycles. The second-order valence-electron chi connectivity index (χ2n) is 8.81. The molecule has 2 atom stereocenters. The van der Waals surface area contributed by atoms with E-state index in [-0.39, 0.29) is 13.0 Å². The van der Waals surface area contributed by atoms with E-state index in [0.717, 1.165) is 5.56 Å². The first kappa shape index (κ1) is 26.5. The molecule has 1 N–H and O–H groups in total. The van der Waals surface area contributed by atoms with E-state index in [0.29, 0.717) is 27.5 Å². The number of hydrogen-bond acceptors (Lipinski definition) is 5. The predicted octanol–water partition coefficient (Wildman–Crippen LogP) is 4.54. The van der Waals surface area contributed by atoms with E-state index < -0.39 is 36.4 Å². The van der Waals surface area contributed by atoms with Gasteiger partial charge in [-0.3, -0.25) is 4.79 Å². The van der Waals surface area contributed by atoms with Crippen molar-refractivity contribution in [3.63, 3.8) is 0 Å². The quantitative estimate of drug-likeness (QED) is 0.447. The van der Waals surface area contributed by atoms with E-state index in [1.54, 1.807) is 38.5 Å². The number of carbonyl (C=O) groups is 1. The Balaban J connectivity index is 1.81. The molecule has 3 aromatic rings. The van der Waals surface area contributed by atoms with Crippen molar-refractivity contribution >= 4 is 5.91 Å². The van der Waals surface area contributed by atoms with E-state index in [9.17, 15) is 23.1 Å². The second kappa shape index (κ2) is 10.8. The summed E-state index contributed by atoms with van der Waals surface area (Å²) < 4.78 is 57.1. The molecule has 0 aliphatic carbocycles. The first-order valence-electron chi connectivity index (χ1n) is 11.7. The Morgan fingerprint density at radius 1 is 0.865 bits per heavy atom. The van der Waals surface area contributed by atoms with Crippen LogP contribution in [0.4, 0.5) is 13.2 Å². The lowest BCUT2D eigenvalue weighted by molar-refractivity contribution is -0.188. The summed E-state index contributed by atoms with van der Waals surface area (Å²) in [6.45, 7) is -0.651. The number of benzene rings is 3. The van der Waals surface area contributed by atoms with Crippen LogP contribution in [-0.2, 0) is 15.1 Å². The van der Waals surface area contributed by atoms with Gasteiger partial charge < -0.3 is 24.2 Å². The Bertz CT molecular complexity index is 1140. The minimum Gasteiger partial charge on any atom is -0.497 e. The molecule has 0 unspecified atom stereocenters. The molecule has 4 rings (SSSR count). The summed E-state index contributed by atoms with van der Waals surface area (Å²) in [5.41, 5.74) is 0.895. The van der Waals surface area contributed by atoms with Crippen LogP contribution in [0.3, 0.4) is 0 Å². The molecule has 0 aromatic heterocycles. The van der Waals surface area contributed by atoms with Crippen LogP contribution in [0.2, 0.25) is 0 Å². The molecule has 37 heavy (non-hydrogen) atoms. The van der Waals surface area contributed by atoms with E-state index in [4.69, 9.17) is 14.2 Å². The number of methoxy groups -OCH3 is 2. The Morgan fingerprint density at radius 3 is 1.81 bits per heavy atom. The average molecular weight is 516 g/mol. The van der Waals surface area contributed by atoms with Crippen LogP contribution in [0.1, 0.15) is 23.1 Å². The van der Waals surface area contributed by atoms with Gasteiger partial charge in [0.1, 0.15) is 17.1 Å². The topological polar surface area (TPSA) is 68.2 Å². The van der Waals surface area contributed by atoms with Crippen LogP contribution in [0.5, 0.6) is 11.5 Å². The van der Waals surface area contributed by atoms with Gasteiger partial charge >= 0.3 is 12.1 Å². The van der Waals surface area contributed by atoms with E-state index in [1.807, 2.05) is 54.6 Å². The fourth-order valence-electron chi connectivity index (χ4n) is 4.76. The molecule has 0 bridgehead atoms. The minimum atomic E-state index is -5.05. The van der Waals surface area contributed by atoms with Gasteiger partial charge in [-0.1, -0.05) is 54.6 Å². The molecular weight excluding hydrogens is 487 g/mol. The zero-order valence-corrected chi connectivity index (χ0v) is 20.4. The molecule has 1 amide bonds. The van der Waals surface area contributed by atoms with Gasteiger partial charge in [0.2, 0.25) is 0 Å². The molecule has 0 spiro atoms. The largest absolute Gasteiger partial charge is 0.497 e. The van der Waals surface area contributed by atoms with Crippen molar-refractivity contribution in [2.24, 2.45) is 0 Å². The SMILES string of the molecule is COc1ccc(C(OC[C@@H]2C[C@@H](O)CN2C(=O)C(F)(F)F)(c2ccccc2)c2ccc(OC)cc2)cc1. The first-order valence-corrected chi connectivity index (χ1v) is 11.7. The van der Waals surface area contributed by atoms with Crippen molar-refractivity contribution in [1.82, 2.24) is 4.90 Å². The highest BCUT2D eigenvalue weighted by molar-refractivity contribution is 5.82. The third kappa shape index (κ3) is 5.42. The molecular formula is C28H28F3NO5. The highest BCUT2D eigenvalue weighted by Gasteiger charge is 2.49. The van der Waals surface area contributed by atoms with Gasteiger partial charge in [-0.25, -0.2) is 0 Å². The molecule has 196 valence electrons. The van der Waals surface area contributed by atoms with Crippen LogP contribution >= 0.6 is 0 Å². The number of nitrogens with zero attached hydrogens (tertiary/aromatic N) is 1. The Morgan fingerprint density at radius 2 is 1.35 bits per heavy atom. The summed E-state index contributed by atoms with van der Waals surface area (Å²) in [5, 5.41) is 10.1. The number of β-amino-alcohol motifs (C(OH)–C–C–N with tert-alkyl or cyclic N) is 1. The summed E-state index contributed by atoms with van der Waals surface area (Å²) in [6.07, 6.45) is -6.16. The number of carbonyl (C=O) groups excluding carboxylic acids is 1. The van der Waals surface area contributed by atoms with Gasteiger partial charge in [0, 0.05) is 6.54 Å². The maximum atomic E-state index is 13.3. The van der Waals surface area contributed by atoms with Crippen molar-refractivity contribution in [3.05, 3.63) is 95.6 Å². The monoisotopic (exact) mass is 515 g/mol. The van der Waals surface area contributed by atoms with Gasteiger partial charge in [-0.05, 0) is 47.4 Å². The molecule has 1 fully saturated rings. The highest BCUT2D eigenvalue weighted by atomic mass is 19.4. The van der Waals surface area contributed by atoms with Crippen molar-refractivity contribution in [2.75, 3.05) is 27.4 Å². The van der Waals surface area contributed by atoms with E-state index in [1.165, 1.54) is 0 Å². The van der Waals surface area contributed by atoms with E-state index in [2.05, 4.69) is 0 Å². The zero-order valence-electron chi connectivity index (χ0n) is 20.4. The number of rotatable bonds is 8. The number of ether oxygens (including phenoxy) is 3. The van der Waals surface area contributed by atoms with Gasteiger partial charge in [0.15, 0.2) is 0 Å². The van der Waals surface area contributed by atoms with Crippen LogP contribution in [0, 0.1) is 0 Å². The molecule has 6 nitrogen and oxygen atoms in total. The van der Waals surface area contributed by atoms with Gasteiger partial charge in [0.05, 0.1) is 33.0 Å². The van der Waals surface area contributed by atoms with Crippen molar-refractivity contribution in [3.8, 4) is 11.5 Å². The predicted molar refractivity (Wildman–Crippen MR) is 130 cm³/mol. The Kier molecular flexibility index (Phi) is 7.75. The number of aliphatic hydroxyl groups excluding tert-OH is 1. The van der Waals surface area contributed by atoms with Crippen LogP contribution in [0.25, 0.3) is 0 Å². The Labute approximate surface area is 213 Å². The minimum absolute atomic E-state index is 0.0298. The molecule has 1 aliphatic rings. The Hall–Kier alpha value is -3.56. The molecule has 1 aliphatic heterocycles. The lowest BCUT2D eigenvalue weighted by Gasteiger charge is -2.38. The molecule has 9 heteroatoms.